The largest absolute Gasteiger partial charge is 0.453 e. The second-order valence-electron chi connectivity index (χ2n) is 10.5. The number of methoxy groups -OCH3 is 1. The van der Waals surface area contributed by atoms with Crippen molar-refractivity contribution in [3.05, 3.63) is 77.4 Å². The number of fused-ring (bicyclic) bond motifs is 2. The molecular weight excluding hydrogens is 542 g/mol. The molecular formula is C30H37N5O7. The van der Waals surface area contributed by atoms with Gasteiger partial charge >= 0.3 is 0 Å². The molecule has 0 spiro atoms. The molecule has 4 N–H and O–H groups in total. The van der Waals surface area contributed by atoms with E-state index < -0.39 is 41.8 Å². The van der Waals surface area contributed by atoms with Crippen LogP contribution in [0.3, 0.4) is 0 Å². The summed E-state index contributed by atoms with van der Waals surface area (Å²) in [7, 11) is 1.52. The van der Waals surface area contributed by atoms with Gasteiger partial charge in [0.15, 0.2) is 11.5 Å². The normalized spacial score (nSPS) is 20.5. The summed E-state index contributed by atoms with van der Waals surface area (Å²) in [5.41, 5.74) is 0.952. The Morgan fingerprint density at radius 3 is 2.60 bits per heavy atom. The molecule has 2 aromatic heterocycles. The van der Waals surface area contributed by atoms with Crippen LogP contribution in [0.25, 0.3) is 0 Å². The summed E-state index contributed by atoms with van der Waals surface area (Å²) < 4.78 is 16.2. The Labute approximate surface area is 244 Å². The highest BCUT2D eigenvalue weighted by Crippen LogP contribution is 2.22. The predicted molar refractivity (Wildman–Crippen MR) is 151 cm³/mol. The van der Waals surface area contributed by atoms with Crippen LogP contribution in [-0.4, -0.2) is 54.4 Å². The van der Waals surface area contributed by atoms with E-state index in [9.17, 15) is 19.2 Å². The maximum Gasteiger partial charge on any atom is 0.287 e. The number of hydrogen-bond donors (Lipinski definition) is 4. The molecule has 3 aromatic rings. The Morgan fingerprint density at radius 1 is 1.07 bits per heavy atom. The monoisotopic (exact) mass is 579 g/mol. The van der Waals surface area contributed by atoms with Crippen molar-refractivity contribution in [2.75, 3.05) is 13.7 Å². The zero-order chi connectivity index (χ0) is 30.1. The second kappa shape index (κ2) is 14.4. The molecule has 12 nitrogen and oxygen atoms in total. The highest BCUT2D eigenvalue weighted by Gasteiger charge is 2.32. The Balaban J connectivity index is 1.61. The van der Waals surface area contributed by atoms with E-state index in [1.807, 2.05) is 44.2 Å². The number of oxazole rings is 1. The number of benzene rings is 1. The first-order chi connectivity index (χ1) is 20.2. The third kappa shape index (κ3) is 8.06. The van der Waals surface area contributed by atoms with Gasteiger partial charge in [0.2, 0.25) is 17.7 Å². The summed E-state index contributed by atoms with van der Waals surface area (Å²) in [6.07, 6.45) is 2.78. The number of furan rings is 1. The second-order valence-corrected chi connectivity index (χ2v) is 10.5. The highest BCUT2D eigenvalue weighted by molar-refractivity contribution is 5.97. The lowest BCUT2D eigenvalue weighted by Gasteiger charge is -2.26. The number of nitrogens with one attached hydrogen (secondary N) is 4. The van der Waals surface area contributed by atoms with E-state index in [0.29, 0.717) is 25.1 Å². The number of carbonyl (C=O) groups excluding carboxylic acids is 4. The summed E-state index contributed by atoms with van der Waals surface area (Å²) in [5, 5.41) is 11.3. The third-order valence-corrected chi connectivity index (χ3v) is 6.90. The Hall–Kier alpha value is -4.45. The van der Waals surface area contributed by atoms with Crippen LogP contribution >= 0.6 is 0 Å². The van der Waals surface area contributed by atoms with Crippen LogP contribution in [0.15, 0.2) is 57.6 Å². The molecule has 1 aliphatic heterocycles. The van der Waals surface area contributed by atoms with Gasteiger partial charge in [-0.05, 0) is 42.9 Å². The molecule has 224 valence electrons. The fraction of sp³-hybridized carbons (Fsp3) is 0.433. The van der Waals surface area contributed by atoms with Gasteiger partial charge in [0.05, 0.1) is 0 Å². The number of carbonyl (C=O) groups is 4. The van der Waals surface area contributed by atoms with E-state index in [4.69, 9.17) is 13.6 Å². The molecule has 12 heteroatoms. The van der Waals surface area contributed by atoms with Crippen LogP contribution in [0.4, 0.5) is 0 Å². The fourth-order valence-corrected chi connectivity index (χ4v) is 4.62. The Kier molecular flexibility index (Phi) is 10.5. The van der Waals surface area contributed by atoms with Crippen molar-refractivity contribution in [2.45, 2.75) is 64.3 Å². The molecule has 0 radical (unpaired) electrons. The molecule has 4 amide bonds. The average Bonchev–Trinajstić information content (AvgIpc) is 3.65. The molecule has 4 rings (SSSR count). The predicted octanol–water partition coefficient (Wildman–Crippen LogP) is 2.67. The van der Waals surface area contributed by atoms with E-state index in [-0.39, 0.29) is 42.7 Å². The average molecular weight is 580 g/mol. The van der Waals surface area contributed by atoms with Gasteiger partial charge in [0, 0.05) is 20.1 Å². The molecule has 3 atom stereocenters. The van der Waals surface area contributed by atoms with Crippen molar-refractivity contribution >= 4 is 23.6 Å². The van der Waals surface area contributed by atoms with Gasteiger partial charge in [-0.15, -0.1) is 0 Å². The molecule has 1 aliphatic rings. The molecule has 0 fully saturated rings. The van der Waals surface area contributed by atoms with Crippen molar-refractivity contribution in [3.63, 3.8) is 0 Å². The maximum absolute atomic E-state index is 13.7. The highest BCUT2D eigenvalue weighted by atomic mass is 16.5. The number of ether oxygens (including phenoxy) is 1. The summed E-state index contributed by atoms with van der Waals surface area (Å²) in [4.78, 5) is 57.3. The van der Waals surface area contributed by atoms with E-state index in [1.165, 1.54) is 19.4 Å². The van der Waals surface area contributed by atoms with Crippen molar-refractivity contribution in [2.24, 2.45) is 5.92 Å². The van der Waals surface area contributed by atoms with Gasteiger partial charge < -0.3 is 34.8 Å². The van der Waals surface area contributed by atoms with Crippen LogP contribution in [0.1, 0.15) is 77.4 Å². The molecule has 3 heterocycles. The van der Waals surface area contributed by atoms with Gasteiger partial charge in [-0.1, -0.05) is 44.2 Å². The van der Waals surface area contributed by atoms with Gasteiger partial charge in [-0.25, -0.2) is 4.98 Å². The van der Waals surface area contributed by atoms with Gasteiger partial charge in [-0.2, -0.15) is 0 Å². The van der Waals surface area contributed by atoms with Gasteiger partial charge in [0.1, 0.15) is 36.8 Å². The molecule has 42 heavy (non-hydrogen) atoms. The minimum absolute atomic E-state index is 0.0390. The minimum Gasteiger partial charge on any atom is -0.453 e. The zero-order valence-electron chi connectivity index (χ0n) is 24.0. The maximum atomic E-state index is 13.7. The van der Waals surface area contributed by atoms with Gasteiger partial charge in [0.25, 0.3) is 11.8 Å². The van der Waals surface area contributed by atoms with Crippen molar-refractivity contribution in [1.29, 1.82) is 0 Å². The molecule has 0 unspecified atom stereocenters. The summed E-state index contributed by atoms with van der Waals surface area (Å²) in [5.74, 6) is -1.38. The smallest absolute Gasteiger partial charge is 0.287 e. The first kappa shape index (κ1) is 30.5. The number of hydrogen-bond acceptors (Lipinski definition) is 8. The van der Waals surface area contributed by atoms with Crippen LogP contribution in [-0.2, 0) is 27.4 Å². The number of aromatic nitrogens is 1. The van der Waals surface area contributed by atoms with Crippen LogP contribution < -0.4 is 21.3 Å². The quantitative estimate of drug-likeness (QED) is 0.332. The molecule has 1 aromatic carbocycles. The summed E-state index contributed by atoms with van der Waals surface area (Å²) in [6, 6.07) is 9.86. The minimum atomic E-state index is -0.969. The first-order valence-corrected chi connectivity index (χ1v) is 14.0. The van der Waals surface area contributed by atoms with Crippen LogP contribution in [0, 0.1) is 5.92 Å². The third-order valence-electron chi connectivity index (χ3n) is 6.90. The summed E-state index contributed by atoms with van der Waals surface area (Å²) >= 11 is 0. The lowest BCUT2D eigenvalue weighted by molar-refractivity contribution is -0.130. The van der Waals surface area contributed by atoms with E-state index in [0.717, 1.165) is 5.56 Å². The SMILES string of the molecule is COCc1ccc(C(=O)N[C@H]2CCCCNC(=O)c3coc(n3)[C@H](C(C)C)NC(=O)[C@H](Cc3ccccc3)NC2=O)o1. The van der Waals surface area contributed by atoms with Crippen molar-refractivity contribution in [3.8, 4) is 0 Å². The first-order valence-electron chi connectivity index (χ1n) is 14.0. The van der Waals surface area contributed by atoms with E-state index in [2.05, 4.69) is 26.3 Å². The molecule has 2 bridgehead atoms. The number of nitrogens with zero attached hydrogens (tertiary/aromatic N) is 1. The van der Waals surface area contributed by atoms with Crippen LogP contribution in [0.5, 0.6) is 0 Å². The lowest BCUT2D eigenvalue weighted by atomic mass is 10.0. The zero-order valence-corrected chi connectivity index (χ0v) is 24.0. The number of amides is 4. The van der Waals surface area contributed by atoms with Gasteiger partial charge in [-0.3, -0.25) is 19.2 Å². The van der Waals surface area contributed by atoms with Crippen molar-refractivity contribution < 1.29 is 32.7 Å². The van der Waals surface area contributed by atoms with E-state index in [1.54, 1.807) is 6.07 Å². The Morgan fingerprint density at radius 2 is 1.86 bits per heavy atom. The van der Waals surface area contributed by atoms with Crippen molar-refractivity contribution in [1.82, 2.24) is 26.3 Å². The molecule has 0 saturated carbocycles. The lowest BCUT2D eigenvalue weighted by Crippen LogP contribution is -2.55. The molecule has 0 saturated heterocycles. The number of rotatable bonds is 7. The van der Waals surface area contributed by atoms with E-state index >= 15 is 0 Å². The fourth-order valence-electron chi connectivity index (χ4n) is 4.62. The summed E-state index contributed by atoms with van der Waals surface area (Å²) in [6.45, 7) is 4.31. The Bertz CT molecular complexity index is 1370. The van der Waals surface area contributed by atoms with Crippen LogP contribution in [0.2, 0.25) is 0 Å². The standard InChI is InChI=1S/C30H37N5O7/c1-18(2)25-30-34-23(17-41-30)26(36)31-14-8-7-11-21(32-29(39)24-13-12-20(42-24)16-40-3)27(37)33-22(28(38)35-25)15-19-9-5-4-6-10-19/h4-6,9-10,12-13,17-18,21-22,25H,7-8,11,14-16H2,1-3H3,(H,31,36)(H,32,39)(H,33,37)(H,35,38)/t21-,22-,25-/m0/s1. The topological polar surface area (TPSA) is 165 Å². The molecule has 0 aliphatic carbocycles.